The van der Waals surface area contributed by atoms with Gasteiger partial charge in [0.15, 0.2) is 0 Å². The third-order valence-corrected chi connectivity index (χ3v) is 3.77. The van der Waals surface area contributed by atoms with Crippen LogP contribution in [0.5, 0.6) is 0 Å². The van der Waals surface area contributed by atoms with Crippen molar-refractivity contribution >= 4 is 17.5 Å². The van der Waals surface area contributed by atoms with Gasteiger partial charge in [0, 0.05) is 25.7 Å². The van der Waals surface area contributed by atoms with Crippen LogP contribution in [0, 0.1) is 5.82 Å². The number of rotatable bonds is 7. The Balaban J connectivity index is 1.84. The maximum atomic E-state index is 13.2. The van der Waals surface area contributed by atoms with E-state index in [2.05, 4.69) is 11.9 Å². The number of aryl methyl sites for hydroxylation is 1. The molecule has 0 aliphatic heterocycles. The molecule has 2 rings (SSSR count). The molecule has 0 radical (unpaired) electrons. The molecule has 0 saturated heterocycles. The summed E-state index contributed by atoms with van der Waals surface area (Å²) in [5.41, 5.74) is 2.45. The fraction of sp³-hybridized carbons (Fsp3) is 0.200. The molecule has 0 bridgehead atoms. The Morgan fingerprint density at radius 2 is 1.88 bits per heavy atom. The van der Waals surface area contributed by atoms with Crippen molar-refractivity contribution in [3.63, 3.8) is 0 Å². The molecule has 2 aromatic carbocycles. The normalized spacial score (nSPS) is 10.2. The summed E-state index contributed by atoms with van der Waals surface area (Å²) in [6.45, 7) is 3.78. The van der Waals surface area contributed by atoms with E-state index >= 15 is 0 Å². The van der Waals surface area contributed by atoms with Gasteiger partial charge in [-0.2, -0.15) is 0 Å². The zero-order chi connectivity index (χ0) is 18.2. The van der Waals surface area contributed by atoms with Crippen LogP contribution in [0.2, 0.25) is 0 Å². The van der Waals surface area contributed by atoms with Gasteiger partial charge in [-0.15, -0.1) is 0 Å². The van der Waals surface area contributed by atoms with Gasteiger partial charge in [-0.3, -0.25) is 9.59 Å². The quantitative estimate of drug-likeness (QED) is 0.784. The first kappa shape index (κ1) is 18.4. The van der Waals surface area contributed by atoms with Crippen LogP contribution in [-0.2, 0) is 22.6 Å². The second-order valence-corrected chi connectivity index (χ2v) is 5.77. The Kier molecular flexibility index (Phi) is 6.46. The van der Waals surface area contributed by atoms with Crippen molar-refractivity contribution in [1.29, 1.82) is 0 Å². The topological polar surface area (TPSA) is 49.4 Å². The zero-order valence-electron chi connectivity index (χ0n) is 14.2. The van der Waals surface area contributed by atoms with E-state index in [4.69, 9.17) is 0 Å². The molecule has 0 spiro atoms. The lowest BCUT2D eigenvalue weighted by atomic mass is 10.1. The largest absolute Gasteiger partial charge is 0.341 e. The number of benzene rings is 2. The SMILES string of the molecule is C=CC(=O)Nc1ccc(CCC(=O)N(C)Cc2cccc(F)c2)cc1. The van der Waals surface area contributed by atoms with E-state index in [-0.39, 0.29) is 17.6 Å². The maximum Gasteiger partial charge on any atom is 0.247 e. The molecule has 0 fully saturated rings. The van der Waals surface area contributed by atoms with Crippen molar-refractivity contribution in [1.82, 2.24) is 4.90 Å². The lowest BCUT2D eigenvalue weighted by molar-refractivity contribution is -0.130. The first-order chi connectivity index (χ1) is 12.0. The Hall–Kier alpha value is -2.95. The predicted octanol–water partition coefficient (Wildman–Crippen LogP) is 3.54. The molecule has 2 amide bonds. The molecular weight excluding hydrogens is 319 g/mol. The molecule has 1 N–H and O–H groups in total. The number of halogens is 1. The fourth-order valence-corrected chi connectivity index (χ4v) is 2.39. The minimum Gasteiger partial charge on any atom is -0.341 e. The highest BCUT2D eigenvalue weighted by molar-refractivity contribution is 5.98. The molecule has 5 heteroatoms. The predicted molar refractivity (Wildman–Crippen MR) is 96.5 cm³/mol. The van der Waals surface area contributed by atoms with Gasteiger partial charge in [-0.05, 0) is 47.9 Å². The molecule has 0 saturated carbocycles. The first-order valence-electron chi connectivity index (χ1n) is 7.98. The van der Waals surface area contributed by atoms with Gasteiger partial charge in [-0.25, -0.2) is 4.39 Å². The fourth-order valence-electron chi connectivity index (χ4n) is 2.39. The smallest absolute Gasteiger partial charge is 0.247 e. The minimum atomic E-state index is -0.304. The van der Waals surface area contributed by atoms with Crippen LogP contribution in [0.15, 0.2) is 61.2 Å². The van der Waals surface area contributed by atoms with Crippen LogP contribution in [0.4, 0.5) is 10.1 Å². The van der Waals surface area contributed by atoms with Gasteiger partial charge in [-0.1, -0.05) is 30.8 Å². The molecule has 25 heavy (non-hydrogen) atoms. The van der Waals surface area contributed by atoms with Crippen molar-refractivity contribution in [3.8, 4) is 0 Å². The third-order valence-electron chi connectivity index (χ3n) is 3.77. The summed E-state index contributed by atoms with van der Waals surface area (Å²) in [4.78, 5) is 25.0. The molecule has 0 aliphatic rings. The Morgan fingerprint density at radius 3 is 2.52 bits per heavy atom. The van der Waals surface area contributed by atoms with Crippen molar-refractivity contribution < 1.29 is 14.0 Å². The van der Waals surface area contributed by atoms with Gasteiger partial charge in [0.2, 0.25) is 11.8 Å². The molecule has 2 aromatic rings. The first-order valence-corrected chi connectivity index (χ1v) is 7.98. The van der Waals surface area contributed by atoms with Crippen LogP contribution >= 0.6 is 0 Å². The highest BCUT2D eigenvalue weighted by Gasteiger charge is 2.10. The molecule has 0 atom stereocenters. The second kappa shape index (κ2) is 8.78. The number of hydrogen-bond acceptors (Lipinski definition) is 2. The van der Waals surface area contributed by atoms with Crippen LogP contribution in [0.1, 0.15) is 17.5 Å². The van der Waals surface area contributed by atoms with Crippen molar-refractivity contribution in [2.45, 2.75) is 19.4 Å². The maximum absolute atomic E-state index is 13.2. The summed E-state index contributed by atoms with van der Waals surface area (Å²) in [5.74, 6) is -0.572. The number of carbonyl (C=O) groups is 2. The van der Waals surface area contributed by atoms with E-state index < -0.39 is 0 Å². The Bertz CT molecular complexity index is 757. The van der Waals surface area contributed by atoms with Gasteiger partial charge in [0.1, 0.15) is 5.82 Å². The van der Waals surface area contributed by atoms with E-state index in [9.17, 15) is 14.0 Å². The molecule has 0 unspecified atom stereocenters. The van der Waals surface area contributed by atoms with Gasteiger partial charge in [0.05, 0.1) is 0 Å². The summed E-state index contributed by atoms with van der Waals surface area (Å²) >= 11 is 0. The highest BCUT2D eigenvalue weighted by Crippen LogP contribution is 2.13. The van der Waals surface area contributed by atoms with Crippen LogP contribution < -0.4 is 5.32 Å². The monoisotopic (exact) mass is 340 g/mol. The number of carbonyl (C=O) groups excluding carboxylic acids is 2. The highest BCUT2D eigenvalue weighted by atomic mass is 19.1. The molecule has 130 valence electrons. The van der Waals surface area contributed by atoms with Crippen molar-refractivity contribution in [3.05, 3.63) is 78.1 Å². The van der Waals surface area contributed by atoms with Gasteiger partial charge >= 0.3 is 0 Å². The average Bonchev–Trinajstić information content (AvgIpc) is 2.60. The number of nitrogens with one attached hydrogen (secondary N) is 1. The molecular formula is C20H21FN2O2. The number of anilines is 1. The van der Waals surface area contributed by atoms with Gasteiger partial charge in [0.25, 0.3) is 0 Å². The summed E-state index contributed by atoms with van der Waals surface area (Å²) in [6, 6.07) is 13.6. The Labute approximate surface area is 147 Å². The van der Waals surface area contributed by atoms with E-state index in [0.717, 1.165) is 11.1 Å². The molecule has 0 heterocycles. The summed E-state index contributed by atoms with van der Waals surface area (Å²) in [5, 5.41) is 2.67. The summed E-state index contributed by atoms with van der Waals surface area (Å²) in [7, 11) is 1.71. The zero-order valence-corrected chi connectivity index (χ0v) is 14.2. The van der Waals surface area contributed by atoms with E-state index in [1.807, 2.05) is 12.1 Å². The minimum absolute atomic E-state index is 0.00621. The van der Waals surface area contributed by atoms with E-state index in [0.29, 0.717) is 25.1 Å². The van der Waals surface area contributed by atoms with Crippen LogP contribution in [0.25, 0.3) is 0 Å². The van der Waals surface area contributed by atoms with Gasteiger partial charge < -0.3 is 10.2 Å². The summed E-state index contributed by atoms with van der Waals surface area (Å²) < 4.78 is 13.2. The van der Waals surface area contributed by atoms with Crippen LogP contribution in [-0.4, -0.2) is 23.8 Å². The Morgan fingerprint density at radius 1 is 1.16 bits per heavy atom. The average molecular weight is 340 g/mol. The van der Waals surface area contributed by atoms with E-state index in [1.165, 1.54) is 18.2 Å². The lowest BCUT2D eigenvalue weighted by Gasteiger charge is -2.17. The van der Waals surface area contributed by atoms with E-state index in [1.54, 1.807) is 36.2 Å². The summed E-state index contributed by atoms with van der Waals surface area (Å²) in [6.07, 6.45) is 2.17. The number of hydrogen-bond donors (Lipinski definition) is 1. The van der Waals surface area contributed by atoms with Crippen molar-refractivity contribution in [2.75, 3.05) is 12.4 Å². The second-order valence-electron chi connectivity index (χ2n) is 5.77. The molecule has 0 aromatic heterocycles. The number of nitrogens with zero attached hydrogens (tertiary/aromatic N) is 1. The molecule has 4 nitrogen and oxygen atoms in total. The lowest BCUT2D eigenvalue weighted by Crippen LogP contribution is -2.26. The third kappa shape index (κ3) is 5.88. The molecule has 0 aliphatic carbocycles. The van der Waals surface area contributed by atoms with Crippen LogP contribution in [0.3, 0.4) is 0 Å². The van der Waals surface area contributed by atoms with Crippen molar-refractivity contribution in [2.24, 2.45) is 0 Å². The number of amides is 2. The standard InChI is InChI=1S/C20H21FN2O2/c1-3-19(24)22-18-10-7-15(8-11-18)9-12-20(25)23(2)14-16-5-4-6-17(21)13-16/h3-8,10-11,13H,1,9,12,14H2,2H3,(H,22,24).